The number of nitrogens with two attached hydrogens (primary N) is 1. The molecular weight excluding hydrogens is 226 g/mol. The quantitative estimate of drug-likeness (QED) is 0.844. The number of anilines is 2. The first kappa shape index (κ1) is 12.7. The molecule has 1 saturated heterocycles. The van der Waals surface area contributed by atoms with Crippen LogP contribution in [0.2, 0.25) is 0 Å². The van der Waals surface area contributed by atoms with Crippen molar-refractivity contribution in [3.63, 3.8) is 0 Å². The van der Waals surface area contributed by atoms with Crippen LogP contribution in [-0.4, -0.2) is 43.1 Å². The Labute approximate surface area is 108 Å². The van der Waals surface area contributed by atoms with Gasteiger partial charge in [-0.25, -0.2) is 4.98 Å². The van der Waals surface area contributed by atoms with Gasteiger partial charge < -0.3 is 15.5 Å². The minimum Gasteiger partial charge on any atom is -0.395 e. The van der Waals surface area contributed by atoms with Crippen LogP contribution in [0.25, 0.3) is 0 Å². The Balaban J connectivity index is 2.23. The second-order valence-electron chi connectivity index (χ2n) is 4.88. The molecule has 2 heterocycles. The van der Waals surface area contributed by atoms with Crippen LogP contribution in [-0.2, 0) is 0 Å². The van der Waals surface area contributed by atoms with Gasteiger partial charge in [-0.1, -0.05) is 0 Å². The minimum absolute atomic E-state index is 0.410. The standard InChI is InChI=1S/C13H19N5/c1-17-7-3-4-11(9-17)18(2)13-12(15)10(8-14)5-6-16-13/h5-6,11H,3-4,7,9,15H2,1-2H3. The second-order valence-corrected chi connectivity index (χ2v) is 4.88. The molecule has 0 aromatic carbocycles. The average Bonchev–Trinajstić information content (AvgIpc) is 2.38. The van der Waals surface area contributed by atoms with Crippen LogP contribution in [0.4, 0.5) is 11.5 Å². The van der Waals surface area contributed by atoms with Crippen LogP contribution >= 0.6 is 0 Å². The van der Waals surface area contributed by atoms with E-state index in [4.69, 9.17) is 11.0 Å². The Morgan fingerprint density at radius 3 is 3.06 bits per heavy atom. The zero-order valence-electron chi connectivity index (χ0n) is 10.9. The summed E-state index contributed by atoms with van der Waals surface area (Å²) in [5.74, 6) is 0.717. The summed E-state index contributed by atoms with van der Waals surface area (Å²) >= 11 is 0. The Bertz CT molecular complexity index is 465. The Kier molecular flexibility index (Phi) is 3.68. The molecule has 5 nitrogen and oxygen atoms in total. The van der Waals surface area contributed by atoms with Gasteiger partial charge in [0.1, 0.15) is 6.07 Å². The SMILES string of the molecule is CN1CCCC(N(C)c2nccc(C#N)c2N)C1. The van der Waals surface area contributed by atoms with Crippen LogP contribution in [0.3, 0.4) is 0 Å². The summed E-state index contributed by atoms with van der Waals surface area (Å²) in [6, 6.07) is 4.16. The smallest absolute Gasteiger partial charge is 0.153 e. The third-order valence-corrected chi connectivity index (χ3v) is 3.57. The number of likely N-dealkylation sites (N-methyl/N-ethyl adjacent to an activating group) is 2. The number of likely N-dealkylation sites (tertiary alicyclic amines) is 1. The summed E-state index contributed by atoms with van der Waals surface area (Å²) < 4.78 is 0. The fraction of sp³-hybridized carbons (Fsp3) is 0.538. The highest BCUT2D eigenvalue weighted by molar-refractivity contribution is 5.70. The number of nitrogen functional groups attached to an aromatic ring is 1. The molecular formula is C13H19N5. The van der Waals surface area contributed by atoms with Crippen LogP contribution in [0, 0.1) is 11.3 Å². The zero-order chi connectivity index (χ0) is 13.1. The number of aromatic nitrogens is 1. The molecule has 1 aromatic heterocycles. The van der Waals surface area contributed by atoms with E-state index in [0.29, 0.717) is 23.1 Å². The monoisotopic (exact) mass is 245 g/mol. The van der Waals surface area contributed by atoms with Gasteiger partial charge in [-0.15, -0.1) is 0 Å². The molecule has 1 aliphatic heterocycles. The lowest BCUT2D eigenvalue weighted by molar-refractivity contribution is 0.247. The van der Waals surface area contributed by atoms with Crippen molar-refractivity contribution in [2.45, 2.75) is 18.9 Å². The number of hydrogen-bond acceptors (Lipinski definition) is 5. The van der Waals surface area contributed by atoms with E-state index in [2.05, 4.69) is 27.9 Å². The van der Waals surface area contributed by atoms with Crippen LogP contribution in [0.15, 0.2) is 12.3 Å². The normalized spacial score (nSPS) is 20.4. The number of pyridine rings is 1. The van der Waals surface area contributed by atoms with E-state index in [9.17, 15) is 0 Å². The third-order valence-electron chi connectivity index (χ3n) is 3.57. The highest BCUT2D eigenvalue weighted by Gasteiger charge is 2.23. The molecule has 5 heteroatoms. The first-order chi connectivity index (χ1) is 8.63. The van der Waals surface area contributed by atoms with Crippen molar-refractivity contribution < 1.29 is 0 Å². The van der Waals surface area contributed by atoms with Gasteiger partial charge in [-0.3, -0.25) is 0 Å². The summed E-state index contributed by atoms with van der Waals surface area (Å²) in [5, 5.41) is 8.99. The Hall–Kier alpha value is -1.80. The summed E-state index contributed by atoms with van der Waals surface area (Å²) in [7, 11) is 4.13. The van der Waals surface area contributed by atoms with Gasteiger partial charge in [0, 0.05) is 25.8 Å². The van der Waals surface area contributed by atoms with Crippen molar-refractivity contribution >= 4 is 11.5 Å². The highest BCUT2D eigenvalue weighted by Crippen LogP contribution is 2.26. The zero-order valence-corrected chi connectivity index (χ0v) is 10.9. The van der Waals surface area contributed by atoms with Crippen molar-refractivity contribution in [2.75, 3.05) is 37.8 Å². The van der Waals surface area contributed by atoms with E-state index in [1.807, 2.05) is 7.05 Å². The van der Waals surface area contributed by atoms with Gasteiger partial charge in [-0.2, -0.15) is 5.26 Å². The molecule has 1 aliphatic rings. The maximum atomic E-state index is 8.99. The van der Waals surface area contributed by atoms with E-state index >= 15 is 0 Å². The number of piperidine rings is 1. The molecule has 2 N–H and O–H groups in total. The molecule has 0 saturated carbocycles. The summed E-state index contributed by atoms with van der Waals surface area (Å²) in [4.78, 5) is 8.74. The van der Waals surface area contributed by atoms with Crippen molar-refractivity contribution in [3.8, 4) is 6.07 Å². The predicted octanol–water partition coefficient (Wildman–Crippen LogP) is 1.07. The van der Waals surface area contributed by atoms with Crippen LogP contribution < -0.4 is 10.6 Å². The van der Waals surface area contributed by atoms with E-state index in [1.165, 1.54) is 6.42 Å². The van der Waals surface area contributed by atoms with Gasteiger partial charge >= 0.3 is 0 Å². The lowest BCUT2D eigenvalue weighted by Gasteiger charge is -2.36. The summed E-state index contributed by atoms with van der Waals surface area (Å²) in [5.41, 5.74) is 6.97. The van der Waals surface area contributed by atoms with Crippen molar-refractivity contribution in [1.29, 1.82) is 5.26 Å². The Morgan fingerprint density at radius 1 is 1.61 bits per heavy atom. The number of nitrogens with zero attached hydrogens (tertiary/aromatic N) is 4. The number of hydrogen-bond donors (Lipinski definition) is 1. The maximum absolute atomic E-state index is 8.99. The summed E-state index contributed by atoms with van der Waals surface area (Å²) in [6.45, 7) is 2.15. The van der Waals surface area contributed by atoms with Gasteiger partial charge in [0.05, 0.1) is 11.3 Å². The van der Waals surface area contributed by atoms with Gasteiger partial charge in [0.2, 0.25) is 0 Å². The topological polar surface area (TPSA) is 69.2 Å². The molecule has 2 rings (SSSR count). The molecule has 0 radical (unpaired) electrons. The number of nitriles is 1. The average molecular weight is 245 g/mol. The highest BCUT2D eigenvalue weighted by atomic mass is 15.2. The van der Waals surface area contributed by atoms with Gasteiger partial charge in [0.15, 0.2) is 5.82 Å². The van der Waals surface area contributed by atoms with Crippen LogP contribution in [0.5, 0.6) is 0 Å². The molecule has 18 heavy (non-hydrogen) atoms. The summed E-state index contributed by atoms with van der Waals surface area (Å²) in [6.07, 6.45) is 3.97. The van der Waals surface area contributed by atoms with Crippen LogP contribution in [0.1, 0.15) is 18.4 Å². The largest absolute Gasteiger partial charge is 0.395 e. The first-order valence-corrected chi connectivity index (χ1v) is 6.19. The molecule has 1 atom stereocenters. The van der Waals surface area contributed by atoms with E-state index in [-0.39, 0.29) is 0 Å². The van der Waals surface area contributed by atoms with Gasteiger partial charge in [0.25, 0.3) is 0 Å². The van der Waals surface area contributed by atoms with Crippen molar-refractivity contribution in [2.24, 2.45) is 0 Å². The van der Waals surface area contributed by atoms with E-state index in [1.54, 1.807) is 12.3 Å². The maximum Gasteiger partial charge on any atom is 0.153 e. The van der Waals surface area contributed by atoms with E-state index in [0.717, 1.165) is 19.5 Å². The molecule has 0 spiro atoms. The molecule has 0 bridgehead atoms. The molecule has 0 amide bonds. The second kappa shape index (κ2) is 5.23. The Morgan fingerprint density at radius 2 is 2.39 bits per heavy atom. The molecule has 0 aliphatic carbocycles. The van der Waals surface area contributed by atoms with Crippen molar-refractivity contribution in [3.05, 3.63) is 17.8 Å². The van der Waals surface area contributed by atoms with E-state index < -0.39 is 0 Å². The van der Waals surface area contributed by atoms with Crippen molar-refractivity contribution in [1.82, 2.24) is 9.88 Å². The molecule has 96 valence electrons. The molecule has 1 fully saturated rings. The lowest BCUT2D eigenvalue weighted by Crippen LogP contribution is -2.45. The minimum atomic E-state index is 0.410. The molecule has 1 unspecified atom stereocenters. The fourth-order valence-corrected chi connectivity index (χ4v) is 2.47. The molecule has 1 aromatic rings. The fourth-order valence-electron chi connectivity index (χ4n) is 2.47. The number of rotatable bonds is 2. The first-order valence-electron chi connectivity index (χ1n) is 6.19. The predicted molar refractivity (Wildman–Crippen MR) is 72.3 cm³/mol. The lowest BCUT2D eigenvalue weighted by atomic mass is 10.0. The van der Waals surface area contributed by atoms with Gasteiger partial charge in [-0.05, 0) is 32.5 Å². The third kappa shape index (κ3) is 2.39.